The van der Waals surface area contributed by atoms with Crippen LogP contribution in [0.25, 0.3) is 0 Å². The summed E-state index contributed by atoms with van der Waals surface area (Å²) in [5.41, 5.74) is 0. The Kier molecular flexibility index (Phi) is 2.29. The van der Waals surface area contributed by atoms with Gasteiger partial charge in [0.1, 0.15) is 11.5 Å². The highest BCUT2D eigenvalue weighted by atomic mass is 79.9. The lowest BCUT2D eigenvalue weighted by molar-refractivity contribution is 0.0961. The standard InChI is InChI=1S/C8H8BrNO2S/c1-4-5(9)6-7(13-4)8(11)10-2-3-12-6/h2-3H2,1H3,(H,10,11). The Bertz CT molecular complexity index is 361. The molecule has 0 unspecified atom stereocenters. The van der Waals surface area contributed by atoms with E-state index in [0.29, 0.717) is 23.8 Å². The molecule has 1 amide bonds. The number of fused-ring (bicyclic) bond motifs is 1. The zero-order chi connectivity index (χ0) is 9.42. The largest absolute Gasteiger partial charge is 0.489 e. The highest BCUT2D eigenvalue weighted by molar-refractivity contribution is 9.10. The molecular weight excluding hydrogens is 254 g/mol. The van der Waals surface area contributed by atoms with Crippen molar-refractivity contribution in [2.75, 3.05) is 13.2 Å². The maximum absolute atomic E-state index is 11.5. The van der Waals surface area contributed by atoms with Crippen molar-refractivity contribution in [3.63, 3.8) is 0 Å². The molecule has 0 radical (unpaired) electrons. The van der Waals surface area contributed by atoms with Gasteiger partial charge in [0, 0.05) is 4.88 Å². The van der Waals surface area contributed by atoms with Crippen LogP contribution in [0.15, 0.2) is 4.47 Å². The average molecular weight is 262 g/mol. The molecule has 70 valence electrons. The van der Waals surface area contributed by atoms with Crippen molar-refractivity contribution in [2.24, 2.45) is 0 Å². The first kappa shape index (κ1) is 9.02. The van der Waals surface area contributed by atoms with E-state index in [1.54, 1.807) is 0 Å². The Morgan fingerprint density at radius 1 is 1.62 bits per heavy atom. The third-order valence-corrected chi connectivity index (χ3v) is 4.11. The van der Waals surface area contributed by atoms with Crippen LogP contribution in [0.3, 0.4) is 0 Å². The molecule has 1 aromatic rings. The van der Waals surface area contributed by atoms with Crippen molar-refractivity contribution in [2.45, 2.75) is 6.92 Å². The molecule has 5 heteroatoms. The van der Waals surface area contributed by atoms with E-state index in [4.69, 9.17) is 4.74 Å². The van der Waals surface area contributed by atoms with Gasteiger partial charge in [-0.1, -0.05) is 0 Å². The van der Waals surface area contributed by atoms with E-state index in [1.807, 2.05) is 6.92 Å². The van der Waals surface area contributed by atoms with Crippen molar-refractivity contribution < 1.29 is 9.53 Å². The van der Waals surface area contributed by atoms with Crippen molar-refractivity contribution in [3.8, 4) is 5.75 Å². The second kappa shape index (κ2) is 3.31. The molecule has 1 aliphatic heterocycles. The number of ether oxygens (including phenoxy) is 1. The van der Waals surface area contributed by atoms with Gasteiger partial charge < -0.3 is 10.1 Å². The summed E-state index contributed by atoms with van der Waals surface area (Å²) in [6, 6.07) is 0. The van der Waals surface area contributed by atoms with Crippen molar-refractivity contribution >= 4 is 33.2 Å². The normalized spacial score (nSPS) is 15.7. The van der Waals surface area contributed by atoms with Crippen LogP contribution in [0.5, 0.6) is 5.75 Å². The molecule has 1 aliphatic rings. The van der Waals surface area contributed by atoms with Crippen molar-refractivity contribution in [1.82, 2.24) is 5.32 Å². The molecule has 0 saturated heterocycles. The predicted molar refractivity (Wildman–Crippen MR) is 54.6 cm³/mol. The fraction of sp³-hybridized carbons (Fsp3) is 0.375. The van der Waals surface area contributed by atoms with Crippen molar-refractivity contribution in [1.29, 1.82) is 0 Å². The van der Waals surface area contributed by atoms with E-state index in [0.717, 1.165) is 9.35 Å². The van der Waals surface area contributed by atoms with Gasteiger partial charge in [-0.2, -0.15) is 0 Å². The topological polar surface area (TPSA) is 38.3 Å². The van der Waals surface area contributed by atoms with Gasteiger partial charge in [-0.05, 0) is 22.9 Å². The summed E-state index contributed by atoms with van der Waals surface area (Å²) in [5, 5.41) is 2.77. The number of halogens is 1. The van der Waals surface area contributed by atoms with Gasteiger partial charge in [0.15, 0.2) is 5.75 Å². The van der Waals surface area contributed by atoms with Gasteiger partial charge in [0.2, 0.25) is 0 Å². The van der Waals surface area contributed by atoms with E-state index in [1.165, 1.54) is 11.3 Å². The maximum Gasteiger partial charge on any atom is 0.265 e. The molecule has 2 rings (SSSR count). The van der Waals surface area contributed by atoms with Gasteiger partial charge in [0.25, 0.3) is 5.91 Å². The number of aryl methyl sites for hydroxylation is 1. The Balaban J connectivity index is 2.53. The molecule has 0 fully saturated rings. The molecule has 1 N–H and O–H groups in total. The van der Waals surface area contributed by atoms with E-state index >= 15 is 0 Å². The van der Waals surface area contributed by atoms with E-state index < -0.39 is 0 Å². The summed E-state index contributed by atoms with van der Waals surface area (Å²) in [6.07, 6.45) is 0. The third kappa shape index (κ3) is 1.46. The summed E-state index contributed by atoms with van der Waals surface area (Å²) in [7, 11) is 0. The molecule has 0 bridgehead atoms. The lowest BCUT2D eigenvalue weighted by Crippen LogP contribution is -2.23. The average Bonchev–Trinajstić information content (AvgIpc) is 2.30. The van der Waals surface area contributed by atoms with Crippen LogP contribution in [0, 0.1) is 6.92 Å². The van der Waals surface area contributed by atoms with Crippen LogP contribution < -0.4 is 10.1 Å². The molecule has 1 aromatic heterocycles. The van der Waals surface area contributed by atoms with E-state index in [9.17, 15) is 4.79 Å². The Morgan fingerprint density at radius 2 is 2.38 bits per heavy atom. The smallest absolute Gasteiger partial charge is 0.265 e. The van der Waals surface area contributed by atoms with E-state index in [2.05, 4.69) is 21.2 Å². The molecule has 0 spiro atoms. The minimum atomic E-state index is -0.0358. The SMILES string of the molecule is Cc1sc2c(c1Br)OCCNC2=O. The molecule has 3 nitrogen and oxygen atoms in total. The molecule has 0 saturated carbocycles. The third-order valence-electron chi connectivity index (χ3n) is 1.81. The molecule has 0 aromatic carbocycles. The van der Waals surface area contributed by atoms with Gasteiger partial charge in [0.05, 0.1) is 11.0 Å². The molecular formula is C8H8BrNO2S. The minimum Gasteiger partial charge on any atom is -0.489 e. The van der Waals surface area contributed by atoms with Gasteiger partial charge >= 0.3 is 0 Å². The van der Waals surface area contributed by atoms with Crippen LogP contribution in [0.4, 0.5) is 0 Å². The maximum atomic E-state index is 11.5. The number of carbonyl (C=O) groups is 1. The number of hydrogen-bond donors (Lipinski definition) is 1. The highest BCUT2D eigenvalue weighted by Crippen LogP contribution is 2.39. The molecule has 2 heterocycles. The Labute approximate surface area is 88.2 Å². The Hall–Kier alpha value is -0.550. The van der Waals surface area contributed by atoms with Crippen LogP contribution in [0.2, 0.25) is 0 Å². The second-order valence-electron chi connectivity index (χ2n) is 2.73. The minimum absolute atomic E-state index is 0.0358. The predicted octanol–water partition coefficient (Wildman–Crippen LogP) is 1.94. The molecule has 13 heavy (non-hydrogen) atoms. The summed E-state index contributed by atoms with van der Waals surface area (Å²) < 4.78 is 6.36. The lowest BCUT2D eigenvalue weighted by atomic mass is 10.4. The van der Waals surface area contributed by atoms with Gasteiger partial charge in [-0.15, -0.1) is 11.3 Å². The Morgan fingerprint density at radius 3 is 3.15 bits per heavy atom. The first-order valence-electron chi connectivity index (χ1n) is 3.90. The molecule has 0 aliphatic carbocycles. The van der Waals surface area contributed by atoms with Crippen LogP contribution in [-0.4, -0.2) is 19.1 Å². The number of hydrogen-bond acceptors (Lipinski definition) is 3. The number of amides is 1. The summed E-state index contributed by atoms with van der Waals surface area (Å²) >= 11 is 4.86. The zero-order valence-corrected chi connectivity index (χ0v) is 9.42. The summed E-state index contributed by atoms with van der Waals surface area (Å²) in [5.74, 6) is 0.656. The summed E-state index contributed by atoms with van der Waals surface area (Å²) in [6.45, 7) is 3.07. The first-order chi connectivity index (χ1) is 6.20. The van der Waals surface area contributed by atoms with Gasteiger partial charge in [-0.3, -0.25) is 4.79 Å². The fourth-order valence-electron chi connectivity index (χ4n) is 1.18. The number of carbonyl (C=O) groups excluding carboxylic acids is 1. The summed E-state index contributed by atoms with van der Waals surface area (Å²) in [4.78, 5) is 13.2. The number of rotatable bonds is 0. The van der Waals surface area contributed by atoms with Crippen LogP contribution >= 0.6 is 27.3 Å². The quantitative estimate of drug-likeness (QED) is 0.776. The van der Waals surface area contributed by atoms with Crippen molar-refractivity contribution in [3.05, 3.63) is 14.2 Å². The first-order valence-corrected chi connectivity index (χ1v) is 5.51. The highest BCUT2D eigenvalue weighted by Gasteiger charge is 2.23. The van der Waals surface area contributed by atoms with E-state index in [-0.39, 0.29) is 5.91 Å². The van der Waals surface area contributed by atoms with Gasteiger partial charge in [-0.25, -0.2) is 0 Å². The lowest BCUT2D eigenvalue weighted by Gasteiger charge is -2.00. The number of thiophene rings is 1. The zero-order valence-electron chi connectivity index (χ0n) is 7.02. The fourth-order valence-corrected chi connectivity index (χ4v) is 2.77. The number of nitrogens with one attached hydrogen (secondary N) is 1. The van der Waals surface area contributed by atoms with Crippen LogP contribution in [0.1, 0.15) is 14.5 Å². The second-order valence-corrected chi connectivity index (χ2v) is 4.75. The molecule has 0 atom stereocenters. The van der Waals surface area contributed by atoms with Crippen LogP contribution in [-0.2, 0) is 0 Å². The monoisotopic (exact) mass is 261 g/mol.